The van der Waals surface area contributed by atoms with Gasteiger partial charge >= 0.3 is 0 Å². The standard InChI is InChI=1S/C18H23N2/c1-16(19(2)14-17-10-6-4-7-11-17)20(3)15-18-12-8-5-9-13-18/h4-13H,14-15H2,1-3H3/q+1. The van der Waals surface area contributed by atoms with Crippen molar-refractivity contribution in [1.82, 2.24) is 4.90 Å². The predicted molar refractivity (Wildman–Crippen MR) is 84.9 cm³/mol. The number of rotatable bonds is 4. The predicted octanol–water partition coefficient (Wildman–Crippen LogP) is 3.38. The highest BCUT2D eigenvalue weighted by Crippen LogP contribution is 2.05. The van der Waals surface area contributed by atoms with Crippen LogP contribution in [-0.2, 0) is 13.1 Å². The van der Waals surface area contributed by atoms with E-state index in [4.69, 9.17) is 0 Å². The van der Waals surface area contributed by atoms with Gasteiger partial charge in [-0.1, -0.05) is 60.7 Å². The normalized spacial score (nSPS) is 11.9. The van der Waals surface area contributed by atoms with Crippen molar-refractivity contribution in [2.75, 3.05) is 14.1 Å². The molecule has 0 spiro atoms. The van der Waals surface area contributed by atoms with Crippen LogP contribution in [0.2, 0.25) is 0 Å². The Balaban J connectivity index is 2.04. The highest BCUT2D eigenvalue weighted by atomic mass is 15.2. The van der Waals surface area contributed by atoms with Gasteiger partial charge in [0.05, 0.1) is 14.1 Å². The summed E-state index contributed by atoms with van der Waals surface area (Å²) in [4.78, 5) is 2.29. The van der Waals surface area contributed by atoms with Crippen LogP contribution in [0.15, 0.2) is 60.7 Å². The van der Waals surface area contributed by atoms with Crippen molar-refractivity contribution in [3.05, 3.63) is 71.8 Å². The van der Waals surface area contributed by atoms with E-state index in [2.05, 4.69) is 91.2 Å². The Kier molecular flexibility index (Phi) is 4.94. The molecule has 0 aromatic heterocycles. The van der Waals surface area contributed by atoms with Gasteiger partial charge in [0.2, 0.25) is 5.84 Å². The van der Waals surface area contributed by atoms with Gasteiger partial charge in [0.25, 0.3) is 0 Å². The first-order valence-electron chi connectivity index (χ1n) is 7.00. The zero-order valence-corrected chi connectivity index (χ0v) is 12.6. The van der Waals surface area contributed by atoms with Gasteiger partial charge in [-0.25, -0.2) is 0 Å². The van der Waals surface area contributed by atoms with E-state index in [0.717, 1.165) is 13.1 Å². The molecule has 20 heavy (non-hydrogen) atoms. The van der Waals surface area contributed by atoms with Crippen LogP contribution in [0.5, 0.6) is 0 Å². The van der Waals surface area contributed by atoms with Gasteiger partial charge in [0, 0.05) is 6.92 Å². The van der Waals surface area contributed by atoms with Crippen LogP contribution in [0.25, 0.3) is 0 Å². The summed E-state index contributed by atoms with van der Waals surface area (Å²) in [6.07, 6.45) is 0. The lowest BCUT2D eigenvalue weighted by Gasteiger charge is -2.15. The fourth-order valence-electron chi connectivity index (χ4n) is 2.23. The Hall–Kier alpha value is -2.09. The molecule has 0 heterocycles. The summed E-state index contributed by atoms with van der Waals surface area (Å²) < 4.78 is 2.29. The molecule has 104 valence electrons. The first-order valence-corrected chi connectivity index (χ1v) is 7.00. The molecule has 0 amide bonds. The van der Waals surface area contributed by atoms with E-state index in [0.29, 0.717) is 0 Å². The van der Waals surface area contributed by atoms with Crippen LogP contribution in [0.1, 0.15) is 18.1 Å². The Labute approximate surface area is 122 Å². The number of amidine groups is 1. The minimum absolute atomic E-state index is 0.936. The molecule has 2 nitrogen and oxygen atoms in total. The molecule has 0 unspecified atom stereocenters. The van der Waals surface area contributed by atoms with E-state index in [1.807, 2.05) is 0 Å². The van der Waals surface area contributed by atoms with Gasteiger partial charge in [-0.15, -0.1) is 0 Å². The van der Waals surface area contributed by atoms with Crippen molar-refractivity contribution in [3.8, 4) is 0 Å². The van der Waals surface area contributed by atoms with Gasteiger partial charge in [-0.2, -0.15) is 0 Å². The number of benzene rings is 2. The first kappa shape index (κ1) is 14.3. The largest absolute Gasteiger partial charge is 0.264 e. The van der Waals surface area contributed by atoms with Crippen LogP contribution >= 0.6 is 0 Å². The Bertz CT molecular complexity index is 558. The minimum atomic E-state index is 0.936. The van der Waals surface area contributed by atoms with Gasteiger partial charge in [-0.05, 0) is 11.1 Å². The second-order valence-corrected chi connectivity index (χ2v) is 5.23. The quantitative estimate of drug-likeness (QED) is 0.467. The van der Waals surface area contributed by atoms with E-state index in [-0.39, 0.29) is 0 Å². The zero-order chi connectivity index (χ0) is 14.4. The van der Waals surface area contributed by atoms with Crippen LogP contribution in [-0.4, -0.2) is 29.4 Å². The third-order valence-electron chi connectivity index (χ3n) is 3.63. The lowest BCUT2D eigenvalue weighted by Crippen LogP contribution is -2.31. The topological polar surface area (TPSA) is 6.25 Å². The smallest absolute Gasteiger partial charge is 0.243 e. The summed E-state index contributed by atoms with van der Waals surface area (Å²) in [7, 11) is 4.29. The zero-order valence-electron chi connectivity index (χ0n) is 12.6. The van der Waals surface area contributed by atoms with Crippen molar-refractivity contribution in [3.63, 3.8) is 0 Å². The molecule has 2 heteroatoms. The molecule has 0 N–H and O–H groups in total. The molecule has 0 aliphatic carbocycles. The van der Waals surface area contributed by atoms with Crippen molar-refractivity contribution in [1.29, 1.82) is 0 Å². The average molecular weight is 267 g/mol. The van der Waals surface area contributed by atoms with Crippen LogP contribution in [0.3, 0.4) is 0 Å². The molecule has 0 atom stereocenters. The molecule has 0 bridgehead atoms. The average Bonchev–Trinajstić information content (AvgIpc) is 2.48. The van der Waals surface area contributed by atoms with Gasteiger partial charge in [-0.3, -0.25) is 9.48 Å². The van der Waals surface area contributed by atoms with Gasteiger partial charge in [0.15, 0.2) is 0 Å². The molecule has 0 fully saturated rings. The Morgan fingerprint density at radius 3 is 1.95 bits per heavy atom. The molecule has 0 radical (unpaired) electrons. The molecule has 0 aliphatic rings. The summed E-state index contributed by atoms with van der Waals surface area (Å²) in [5.41, 5.74) is 2.67. The molecule has 0 aliphatic heterocycles. The summed E-state index contributed by atoms with van der Waals surface area (Å²) in [6, 6.07) is 21.1. The third kappa shape index (κ3) is 3.95. The van der Waals surface area contributed by atoms with E-state index < -0.39 is 0 Å². The summed E-state index contributed by atoms with van der Waals surface area (Å²) >= 11 is 0. The maximum Gasteiger partial charge on any atom is 0.243 e. The van der Waals surface area contributed by atoms with E-state index in [1.54, 1.807) is 0 Å². The summed E-state index contributed by atoms with van der Waals surface area (Å²) in [5, 5.41) is 0. The SMILES string of the molecule is CC(N(C)Cc1ccccc1)=[N+](C)Cc1ccccc1. The lowest BCUT2D eigenvalue weighted by molar-refractivity contribution is -0.519. The van der Waals surface area contributed by atoms with Crippen molar-refractivity contribution in [2.24, 2.45) is 0 Å². The van der Waals surface area contributed by atoms with Gasteiger partial charge < -0.3 is 0 Å². The second kappa shape index (κ2) is 6.90. The molecule has 0 saturated heterocycles. The number of hydrogen-bond acceptors (Lipinski definition) is 0. The van der Waals surface area contributed by atoms with E-state index in [1.165, 1.54) is 17.0 Å². The molecule has 0 saturated carbocycles. The van der Waals surface area contributed by atoms with Crippen LogP contribution < -0.4 is 0 Å². The van der Waals surface area contributed by atoms with Crippen molar-refractivity contribution >= 4 is 5.84 Å². The Morgan fingerprint density at radius 2 is 1.40 bits per heavy atom. The molecular formula is C18H23N2+. The molecule has 2 aromatic carbocycles. The van der Waals surface area contributed by atoms with Crippen molar-refractivity contribution < 1.29 is 4.58 Å². The van der Waals surface area contributed by atoms with Gasteiger partial charge in [0.1, 0.15) is 13.1 Å². The highest BCUT2D eigenvalue weighted by molar-refractivity contribution is 5.74. The number of hydrogen-bond donors (Lipinski definition) is 0. The maximum atomic E-state index is 2.29. The van der Waals surface area contributed by atoms with E-state index in [9.17, 15) is 0 Å². The third-order valence-corrected chi connectivity index (χ3v) is 3.63. The summed E-state index contributed by atoms with van der Waals surface area (Å²) in [5.74, 6) is 1.28. The van der Waals surface area contributed by atoms with Crippen molar-refractivity contribution in [2.45, 2.75) is 20.0 Å². The lowest BCUT2D eigenvalue weighted by atomic mass is 10.2. The number of nitrogens with zero attached hydrogens (tertiary/aromatic N) is 2. The summed E-state index contributed by atoms with van der Waals surface area (Å²) in [6.45, 7) is 4.05. The fourth-order valence-corrected chi connectivity index (χ4v) is 2.23. The maximum absolute atomic E-state index is 2.29. The second-order valence-electron chi connectivity index (χ2n) is 5.23. The van der Waals surface area contributed by atoms with Crippen LogP contribution in [0, 0.1) is 0 Å². The Morgan fingerprint density at radius 1 is 0.900 bits per heavy atom. The van der Waals surface area contributed by atoms with Crippen LogP contribution in [0.4, 0.5) is 0 Å². The van der Waals surface area contributed by atoms with E-state index >= 15 is 0 Å². The minimum Gasteiger partial charge on any atom is -0.264 e. The first-order chi connectivity index (χ1) is 9.66. The monoisotopic (exact) mass is 267 g/mol. The molecule has 2 rings (SSSR count). The molecular weight excluding hydrogens is 244 g/mol. The fraction of sp³-hybridized carbons (Fsp3) is 0.278. The highest BCUT2D eigenvalue weighted by Gasteiger charge is 2.12. The molecule has 2 aromatic rings.